The lowest BCUT2D eigenvalue weighted by molar-refractivity contribution is -0.196. The summed E-state index contributed by atoms with van der Waals surface area (Å²) in [5.74, 6) is -12.2. The van der Waals surface area contributed by atoms with Crippen molar-refractivity contribution in [1.29, 1.82) is 0 Å². The van der Waals surface area contributed by atoms with Gasteiger partial charge in [0.05, 0.1) is 29.5 Å². The maximum absolute atomic E-state index is 14.2. The molecule has 0 radical (unpaired) electrons. The summed E-state index contributed by atoms with van der Waals surface area (Å²) in [6.45, 7) is 5.74. The van der Waals surface area contributed by atoms with Crippen LogP contribution in [0.5, 0.6) is 5.75 Å². The van der Waals surface area contributed by atoms with E-state index < -0.39 is 81.8 Å². The number of carbonyl (C=O) groups excluding carboxylic acids is 5. The van der Waals surface area contributed by atoms with Crippen molar-refractivity contribution in [2.45, 2.75) is 94.8 Å². The van der Waals surface area contributed by atoms with Crippen LogP contribution >= 0.6 is 0 Å². The Morgan fingerprint density at radius 3 is 2.30 bits per heavy atom. The minimum atomic E-state index is -3.00. The minimum absolute atomic E-state index is 0.0485. The fraction of sp³-hybridized carbons (Fsp3) is 0.667. The van der Waals surface area contributed by atoms with Gasteiger partial charge < -0.3 is 21.1 Å². The van der Waals surface area contributed by atoms with Gasteiger partial charge in [0.1, 0.15) is 5.75 Å². The van der Waals surface area contributed by atoms with Crippen LogP contribution in [0.1, 0.15) is 93.1 Å². The Morgan fingerprint density at radius 2 is 1.72 bits per heavy atom. The number of hydrogen-bond acceptors (Lipinski definition) is 9. The topological polar surface area (TPSA) is 175 Å². The van der Waals surface area contributed by atoms with Crippen LogP contribution in [0.3, 0.4) is 0 Å². The van der Waals surface area contributed by atoms with E-state index in [2.05, 4.69) is 0 Å². The zero-order chi connectivity index (χ0) is 31.8. The number of ketones is 4. The molecule has 10 heteroatoms. The number of benzene rings is 1. The van der Waals surface area contributed by atoms with Gasteiger partial charge >= 0.3 is 0 Å². The van der Waals surface area contributed by atoms with E-state index in [0.29, 0.717) is 11.1 Å². The number of amides is 1. The Balaban J connectivity index is 1.56. The standard InChI is InChI=1S/C33H44N2O8/c1-15-17-12-13-18(32(2,3)14-8-11-16-9-6-7-10-16)25(36)20(17)26(37)21-19(15)27(38)23-24(35(4)5)28(39)22(31(34)42)30(41)33(23,43)29(21)40/h12-13,15-16,19,21-24,27,36,38,43H,6-11,14H2,1-5H3,(H2,34,42)/t15-,19+,21?,22?,23+,24-,27-,33-/m0/s1. The summed E-state index contributed by atoms with van der Waals surface area (Å²) < 4.78 is 0. The molecule has 0 heterocycles. The normalized spacial score (nSPS) is 34.7. The third-order valence-electron chi connectivity index (χ3n) is 11.1. The number of phenolic OH excluding ortho intramolecular Hbond substituents is 1. The lowest BCUT2D eigenvalue weighted by Gasteiger charge is -2.56. The van der Waals surface area contributed by atoms with Crippen molar-refractivity contribution in [3.05, 3.63) is 28.8 Å². The van der Waals surface area contributed by atoms with Crippen molar-refractivity contribution in [3.8, 4) is 5.75 Å². The average molecular weight is 597 g/mol. The number of phenols is 1. The van der Waals surface area contributed by atoms with Crippen LogP contribution in [0, 0.1) is 29.6 Å². The number of fused-ring (bicyclic) bond motifs is 3. The van der Waals surface area contributed by atoms with E-state index in [1.54, 1.807) is 19.1 Å². The summed E-state index contributed by atoms with van der Waals surface area (Å²) in [6.07, 6.45) is 6.27. The van der Waals surface area contributed by atoms with Crippen LogP contribution in [0.15, 0.2) is 12.1 Å². The largest absolute Gasteiger partial charge is 0.507 e. The number of hydrogen-bond donors (Lipinski definition) is 4. The smallest absolute Gasteiger partial charge is 0.235 e. The highest BCUT2D eigenvalue weighted by molar-refractivity contribution is 6.32. The molecule has 1 aromatic rings. The number of aliphatic hydroxyl groups is 2. The first-order valence-electron chi connectivity index (χ1n) is 15.5. The van der Waals surface area contributed by atoms with E-state index in [1.165, 1.54) is 44.7 Å². The number of nitrogens with two attached hydrogens (primary N) is 1. The second-order valence-electron chi connectivity index (χ2n) is 14.2. The molecule has 5 N–H and O–H groups in total. The quantitative estimate of drug-likeness (QED) is 0.343. The van der Waals surface area contributed by atoms with Crippen molar-refractivity contribution >= 4 is 29.0 Å². The zero-order valence-corrected chi connectivity index (χ0v) is 25.6. The van der Waals surface area contributed by atoms with Crippen molar-refractivity contribution in [2.75, 3.05) is 14.1 Å². The molecule has 0 spiro atoms. The van der Waals surface area contributed by atoms with Gasteiger partial charge in [-0.1, -0.05) is 71.4 Å². The Hall–Kier alpha value is -2.95. The van der Waals surface area contributed by atoms with Crippen molar-refractivity contribution in [3.63, 3.8) is 0 Å². The molecule has 10 nitrogen and oxygen atoms in total. The molecular weight excluding hydrogens is 552 g/mol. The van der Waals surface area contributed by atoms with E-state index >= 15 is 0 Å². The molecule has 1 amide bonds. The average Bonchev–Trinajstić information content (AvgIpc) is 3.43. The number of carbonyl (C=O) groups is 5. The van der Waals surface area contributed by atoms with E-state index in [1.807, 2.05) is 13.8 Å². The predicted molar refractivity (Wildman–Crippen MR) is 156 cm³/mol. The molecule has 234 valence electrons. The second-order valence-corrected chi connectivity index (χ2v) is 14.2. The van der Waals surface area contributed by atoms with Gasteiger partial charge in [0.2, 0.25) is 5.91 Å². The highest BCUT2D eigenvalue weighted by Gasteiger charge is 2.73. The molecule has 4 aliphatic rings. The first-order valence-corrected chi connectivity index (χ1v) is 15.5. The molecule has 3 fully saturated rings. The minimum Gasteiger partial charge on any atom is -0.507 e. The maximum Gasteiger partial charge on any atom is 0.235 e. The number of Topliss-reactive ketones (excluding diaryl/α,β-unsaturated/α-hetero) is 4. The molecule has 0 saturated heterocycles. The number of likely N-dealkylation sites (N-methyl/N-ethyl adjacent to an activating group) is 1. The van der Waals surface area contributed by atoms with Gasteiger partial charge in [0.25, 0.3) is 0 Å². The molecule has 0 aliphatic heterocycles. The lowest BCUT2D eigenvalue weighted by Crippen LogP contribution is -2.77. The lowest BCUT2D eigenvalue weighted by atomic mass is 9.49. The van der Waals surface area contributed by atoms with Gasteiger partial charge in [-0.05, 0) is 43.3 Å². The molecule has 43 heavy (non-hydrogen) atoms. The van der Waals surface area contributed by atoms with Crippen LogP contribution in [0.4, 0.5) is 0 Å². The number of nitrogens with zero attached hydrogens (tertiary/aromatic N) is 1. The molecule has 5 rings (SSSR count). The third kappa shape index (κ3) is 4.59. The Kier molecular flexibility index (Phi) is 7.97. The molecule has 3 saturated carbocycles. The van der Waals surface area contributed by atoms with Gasteiger partial charge in [0.15, 0.2) is 34.7 Å². The fourth-order valence-corrected chi connectivity index (χ4v) is 8.80. The number of rotatable bonds is 7. The zero-order valence-electron chi connectivity index (χ0n) is 25.6. The Labute approximate surface area is 252 Å². The van der Waals surface area contributed by atoms with Crippen LogP contribution in [-0.2, 0) is 24.6 Å². The van der Waals surface area contributed by atoms with E-state index in [0.717, 1.165) is 25.2 Å². The first-order chi connectivity index (χ1) is 20.1. The van der Waals surface area contributed by atoms with Crippen LogP contribution in [0.25, 0.3) is 0 Å². The van der Waals surface area contributed by atoms with Crippen molar-refractivity contribution in [1.82, 2.24) is 4.90 Å². The number of aromatic hydroxyl groups is 1. The summed E-state index contributed by atoms with van der Waals surface area (Å²) in [5.41, 5.74) is 2.87. The molecule has 1 aromatic carbocycles. The first kappa shape index (κ1) is 31.5. The van der Waals surface area contributed by atoms with E-state index in [4.69, 9.17) is 5.73 Å². The van der Waals surface area contributed by atoms with Gasteiger partial charge in [-0.3, -0.25) is 28.9 Å². The number of aliphatic hydroxyl groups excluding tert-OH is 1. The van der Waals surface area contributed by atoms with Gasteiger partial charge in [-0.15, -0.1) is 0 Å². The maximum atomic E-state index is 14.2. The highest BCUT2D eigenvalue weighted by Crippen LogP contribution is 2.55. The fourth-order valence-electron chi connectivity index (χ4n) is 8.80. The highest BCUT2D eigenvalue weighted by atomic mass is 16.3. The number of primary amides is 1. The van der Waals surface area contributed by atoms with Gasteiger partial charge in [-0.25, -0.2) is 0 Å². The van der Waals surface area contributed by atoms with Gasteiger partial charge in [-0.2, -0.15) is 0 Å². The second kappa shape index (κ2) is 10.9. The van der Waals surface area contributed by atoms with E-state index in [-0.39, 0.29) is 11.3 Å². The van der Waals surface area contributed by atoms with Crippen molar-refractivity contribution < 1.29 is 39.3 Å². The summed E-state index contributed by atoms with van der Waals surface area (Å²) in [7, 11) is 2.94. The predicted octanol–water partition coefficient (Wildman–Crippen LogP) is 2.04. The summed E-state index contributed by atoms with van der Waals surface area (Å²) in [4.78, 5) is 68.7. The third-order valence-corrected chi connectivity index (χ3v) is 11.1. The van der Waals surface area contributed by atoms with Crippen LogP contribution < -0.4 is 5.73 Å². The summed E-state index contributed by atoms with van der Waals surface area (Å²) in [6, 6.07) is 2.17. The van der Waals surface area contributed by atoms with Crippen LogP contribution in [0.2, 0.25) is 0 Å². The Morgan fingerprint density at radius 1 is 1.09 bits per heavy atom. The molecular formula is C33H44N2O8. The molecule has 0 bridgehead atoms. The summed E-state index contributed by atoms with van der Waals surface area (Å²) >= 11 is 0. The van der Waals surface area contributed by atoms with Crippen LogP contribution in [-0.4, -0.2) is 81.1 Å². The van der Waals surface area contributed by atoms with Crippen molar-refractivity contribution in [2.24, 2.45) is 35.3 Å². The monoisotopic (exact) mass is 596 g/mol. The SMILES string of the molecule is C[C@H]1c2ccc(C(C)(C)CCCC3CCCC3)c(O)c2C(=O)C2C(=O)[C@]3(O)C(=O)C(C(N)=O)C(=O)[C@@H](N(C)C)[C@@H]3[C@@H](O)[C@@H]21. The molecule has 8 atom stereocenters. The molecule has 4 aliphatic carbocycles. The van der Waals surface area contributed by atoms with Gasteiger partial charge in [0, 0.05) is 11.5 Å². The molecule has 2 unspecified atom stereocenters. The summed E-state index contributed by atoms with van der Waals surface area (Å²) in [5, 5.41) is 35.2. The molecule has 0 aromatic heterocycles. The Bertz CT molecular complexity index is 1380. The van der Waals surface area contributed by atoms with E-state index in [9.17, 15) is 39.3 Å².